The van der Waals surface area contributed by atoms with Crippen molar-refractivity contribution in [3.05, 3.63) is 71.3 Å². The van der Waals surface area contributed by atoms with E-state index in [1.165, 1.54) is 0 Å². The molecule has 2 aromatic rings. The van der Waals surface area contributed by atoms with Crippen molar-refractivity contribution < 1.29 is 14.3 Å². The molecular weight excluding hydrogens is 314 g/mol. The zero-order valence-corrected chi connectivity index (χ0v) is 14.2. The molecular formula is C21H21NO3. The van der Waals surface area contributed by atoms with Crippen molar-refractivity contribution in [3.63, 3.8) is 0 Å². The minimum absolute atomic E-state index is 0.123. The normalized spacial score (nSPS) is 9.64. The van der Waals surface area contributed by atoms with Crippen LogP contribution in [0, 0.1) is 11.8 Å². The summed E-state index contributed by atoms with van der Waals surface area (Å²) in [6.07, 6.45) is 0.570. The molecule has 0 spiro atoms. The SMILES string of the molecule is CCC(=O)c1ccc(C#CCCNC(=O)OCc2ccccc2)cc1. The lowest BCUT2D eigenvalue weighted by Crippen LogP contribution is -2.24. The summed E-state index contributed by atoms with van der Waals surface area (Å²) >= 11 is 0. The van der Waals surface area contributed by atoms with Crippen LogP contribution >= 0.6 is 0 Å². The van der Waals surface area contributed by atoms with Crippen LogP contribution in [-0.4, -0.2) is 18.4 Å². The number of nitrogens with one attached hydrogen (secondary N) is 1. The highest BCUT2D eigenvalue weighted by molar-refractivity contribution is 5.95. The molecule has 0 aliphatic carbocycles. The minimum atomic E-state index is -0.451. The zero-order valence-electron chi connectivity index (χ0n) is 14.2. The van der Waals surface area contributed by atoms with Crippen LogP contribution in [0.3, 0.4) is 0 Å². The van der Waals surface area contributed by atoms with Gasteiger partial charge in [0.25, 0.3) is 0 Å². The van der Waals surface area contributed by atoms with Crippen LogP contribution in [0.15, 0.2) is 54.6 Å². The fourth-order valence-electron chi connectivity index (χ4n) is 2.11. The van der Waals surface area contributed by atoms with E-state index in [1.54, 1.807) is 12.1 Å². The van der Waals surface area contributed by atoms with Gasteiger partial charge in [-0.25, -0.2) is 4.79 Å². The summed E-state index contributed by atoms with van der Waals surface area (Å²) < 4.78 is 5.11. The van der Waals surface area contributed by atoms with Gasteiger partial charge < -0.3 is 10.1 Å². The number of Topliss-reactive ketones (excluding diaryl/α,β-unsaturated/α-hetero) is 1. The lowest BCUT2D eigenvalue weighted by molar-refractivity contribution is 0.0988. The second-order valence-electron chi connectivity index (χ2n) is 5.39. The quantitative estimate of drug-likeness (QED) is 0.494. The highest BCUT2D eigenvalue weighted by atomic mass is 16.5. The Morgan fingerprint density at radius 2 is 1.76 bits per heavy atom. The zero-order chi connectivity index (χ0) is 17.9. The Morgan fingerprint density at radius 3 is 2.44 bits per heavy atom. The Labute approximate surface area is 148 Å². The van der Waals surface area contributed by atoms with Gasteiger partial charge in [0.05, 0.1) is 0 Å². The fourth-order valence-corrected chi connectivity index (χ4v) is 2.11. The average molecular weight is 335 g/mol. The van der Waals surface area contributed by atoms with Gasteiger partial charge in [0.15, 0.2) is 5.78 Å². The monoisotopic (exact) mass is 335 g/mol. The second-order valence-corrected chi connectivity index (χ2v) is 5.39. The molecule has 2 rings (SSSR count). The molecule has 0 heterocycles. The third-order valence-electron chi connectivity index (χ3n) is 3.49. The van der Waals surface area contributed by atoms with E-state index < -0.39 is 6.09 Å². The van der Waals surface area contributed by atoms with Crippen LogP contribution in [0.1, 0.15) is 41.3 Å². The van der Waals surface area contributed by atoms with Crippen molar-refractivity contribution in [1.82, 2.24) is 5.32 Å². The smallest absolute Gasteiger partial charge is 0.407 e. The van der Waals surface area contributed by atoms with Crippen LogP contribution in [0.5, 0.6) is 0 Å². The first-order valence-corrected chi connectivity index (χ1v) is 8.25. The van der Waals surface area contributed by atoms with Crippen molar-refractivity contribution in [3.8, 4) is 11.8 Å². The third kappa shape index (κ3) is 6.52. The maximum Gasteiger partial charge on any atom is 0.407 e. The molecule has 0 aliphatic heterocycles. The van der Waals surface area contributed by atoms with Gasteiger partial charge in [0.1, 0.15) is 6.61 Å². The van der Waals surface area contributed by atoms with Gasteiger partial charge in [-0.15, -0.1) is 0 Å². The summed E-state index contributed by atoms with van der Waals surface area (Å²) in [4.78, 5) is 23.1. The highest BCUT2D eigenvalue weighted by Gasteiger charge is 2.02. The van der Waals surface area contributed by atoms with E-state index in [-0.39, 0.29) is 12.4 Å². The number of carbonyl (C=O) groups is 2. The summed E-state index contributed by atoms with van der Waals surface area (Å²) in [5.74, 6) is 6.12. The summed E-state index contributed by atoms with van der Waals surface area (Å²) in [5.41, 5.74) is 2.50. The third-order valence-corrected chi connectivity index (χ3v) is 3.49. The number of hydrogen-bond acceptors (Lipinski definition) is 3. The van der Waals surface area contributed by atoms with E-state index >= 15 is 0 Å². The summed E-state index contributed by atoms with van der Waals surface area (Å²) in [5, 5.41) is 2.66. The number of alkyl carbamates (subject to hydrolysis) is 1. The van der Waals surface area contributed by atoms with Gasteiger partial charge >= 0.3 is 6.09 Å². The maximum atomic E-state index is 11.6. The molecule has 0 bridgehead atoms. The van der Waals surface area contributed by atoms with Crippen molar-refractivity contribution in [2.75, 3.05) is 6.54 Å². The molecule has 2 aromatic carbocycles. The molecule has 4 heteroatoms. The van der Waals surface area contributed by atoms with Gasteiger partial charge in [-0.1, -0.05) is 61.2 Å². The van der Waals surface area contributed by atoms with Gasteiger partial charge in [0, 0.05) is 30.5 Å². The van der Waals surface area contributed by atoms with Crippen LogP contribution < -0.4 is 5.32 Å². The molecule has 0 fully saturated rings. The number of ether oxygens (including phenoxy) is 1. The molecule has 4 nitrogen and oxygen atoms in total. The standard InChI is InChI=1S/C21H21NO3/c1-2-20(23)19-13-11-17(12-14-19)8-6-7-15-22-21(24)25-16-18-9-4-3-5-10-18/h3-5,9-14H,2,7,15-16H2,1H3,(H,22,24). The molecule has 1 N–H and O–H groups in total. The Hall–Kier alpha value is -3.06. The Kier molecular flexibility index (Phi) is 7.27. The van der Waals surface area contributed by atoms with E-state index in [9.17, 15) is 9.59 Å². The first-order valence-electron chi connectivity index (χ1n) is 8.25. The molecule has 25 heavy (non-hydrogen) atoms. The molecule has 0 unspecified atom stereocenters. The Balaban J connectivity index is 1.68. The summed E-state index contributed by atoms with van der Waals surface area (Å²) in [6.45, 7) is 2.52. The second kappa shape index (κ2) is 9.94. The number of benzene rings is 2. The predicted molar refractivity (Wildman–Crippen MR) is 97.2 cm³/mol. The number of ketones is 1. The number of rotatable bonds is 6. The lowest BCUT2D eigenvalue weighted by atomic mass is 10.1. The molecule has 0 aliphatic rings. The van der Waals surface area contributed by atoms with Gasteiger partial charge in [-0.3, -0.25) is 4.79 Å². The molecule has 0 radical (unpaired) electrons. The number of hydrogen-bond donors (Lipinski definition) is 1. The summed E-state index contributed by atoms with van der Waals surface area (Å²) in [6, 6.07) is 16.8. The van der Waals surface area contributed by atoms with Gasteiger partial charge in [-0.05, 0) is 17.7 Å². The van der Waals surface area contributed by atoms with Crippen LogP contribution in [0.25, 0.3) is 0 Å². The molecule has 0 saturated carbocycles. The number of amides is 1. The van der Waals surface area contributed by atoms with Crippen molar-refractivity contribution in [2.45, 2.75) is 26.4 Å². The predicted octanol–water partition coefficient (Wildman–Crippen LogP) is 3.95. The first-order chi connectivity index (χ1) is 12.2. The molecule has 0 atom stereocenters. The highest BCUT2D eigenvalue weighted by Crippen LogP contribution is 2.06. The van der Waals surface area contributed by atoms with Crippen LogP contribution in [-0.2, 0) is 11.3 Å². The lowest BCUT2D eigenvalue weighted by Gasteiger charge is -2.05. The van der Waals surface area contributed by atoms with E-state index in [4.69, 9.17) is 4.74 Å². The first kappa shape index (κ1) is 18.3. The van der Waals surface area contributed by atoms with E-state index in [0.29, 0.717) is 24.9 Å². The van der Waals surface area contributed by atoms with E-state index in [2.05, 4.69) is 17.2 Å². The van der Waals surface area contributed by atoms with Crippen LogP contribution in [0.4, 0.5) is 4.79 Å². The van der Waals surface area contributed by atoms with Gasteiger partial charge in [0.2, 0.25) is 0 Å². The van der Waals surface area contributed by atoms with E-state index in [0.717, 1.165) is 11.1 Å². The average Bonchev–Trinajstić information content (AvgIpc) is 2.67. The molecule has 0 saturated heterocycles. The largest absolute Gasteiger partial charge is 0.445 e. The maximum absolute atomic E-state index is 11.6. The Bertz CT molecular complexity index is 755. The molecule has 1 amide bonds. The van der Waals surface area contributed by atoms with Crippen LogP contribution in [0.2, 0.25) is 0 Å². The molecule has 0 aromatic heterocycles. The van der Waals surface area contributed by atoms with E-state index in [1.807, 2.05) is 49.4 Å². The van der Waals surface area contributed by atoms with Crippen molar-refractivity contribution in [1.29, 1.82) is 0 Å². The van der Waals surface area contributed by atoms with Crippen molar-refractivity contribution >= 4 is 11.9 Å². The minimum Gasteiger partial charge on any atom is -0.445 e. The Morgan fingerprint density at radius 1 is 1.04 bits per heavy atom. The van der Waals surface area contributed by atoms with Gasteiger partial charge in [-0.2, -0.15) is 0 Å². The van der Waals surface area contributed by atoms with Crippen molar-refractivity contribution in [2.24, 2.45) is 0 Å². The fraction of sp³-hybridized carbons (Fsp3) is 0.238. The summed E-state index contributed by atoms with van der Waals surface area (Å²) in [7, 11) is 0. The molecule has 128 valence electrons. The number of carbonyl (C=O) groups excluding carboxylic acids is 2. The topological polar surface area (TPSA) is 55.4 Å².